The molecule has 0 unspecified atom stereocenters. The molecular formula is C25H31NO2. The van der Waals surface area contributed by atoms with E-state index < -0.39 is 0 Å². The lowest BCUT2D eigenvalue weighted by Gasteiger charge is -2.23. The minimum Gasteiger partial charge on any atom is -0.494 e. The van der Waals surface area contributed by atoms with E-state index in [1.165, 1.54) is 5.56 Å². The average molecular weight is 378 g/mol. The third-order valence-corrected chi connectivity index (χ3v) is 4.19. The summed E-state index contributed by atoms with van der Waals surface area (Å²) in [4.78, 5) is 0. The fourth-order valence-electron chi connectivity index (χ4n) is 3.18. The topological polar surface area (TPSA) is 30.5 Å². The molecule has 3 nitrogen and oxygen atoms in total. The van der Waals surface area contributed by atoms with Gasteiger partial charge in [-0.15, -0.1) is 0 Å². The van der Waals surface area contributed by atoms with E-state index in [0.717, 1.165) is 22.6 Å². The van der Waals surface area contributed by atoms with Crippen molar-refractivity contribution >= 4 is 0 Å². The molecule has 0 amide bonds. The van der Waals surface area contributed by atoms with Gasteiger partial charge in [0.15, 0.2) is 0 Å². The fourth-order valence-corrected chi connectivity index (χ4v) is 3.18. The zero-order chi connectivity index (χ0) is 20.2. The van der Waals surface area contributed by atoms with E-state index in [9.17, 15) is 0 Å². The maximum Gasteiger partial charge on any atom is 0.123 e. The quantitative estimate of drug-likeness (QED) is 0.552. The molecule has 0 saturated carbocycles. The predicted molar refractivity (Wildman–Crippen MR) is 118 cm³/mol. The van der Waals surface area contributed by atoms with Crippen molar-refractivity contribution in [1.29, 1.82) is 0 Å². The first-order valence-electron chi connectivity index (χ1n) is 9.83. The summed E-state index contributed by atoms with van der Waals surface area (Å²) in [5, 5.41) is 2.75. The Balaban J connectivity index is 0.000000878. The van der Waals surface area contributed by atoms with E-state index in [-0.39, 0.29) is 5.92 Å². The van der Waals surface area contributed by atoms with Gasteiger partial charge in [0.1, 0.15) is 11.5 Å². The Labute approximate surface area is 169 Å². The summed E-state index contributed by atoms with van der Waals surface area (Å²) in [6.07, 6.45) is 0. The molecule has 0 bridgehead atoms. The second kappa shape index (κ2) is 11.8. The second-order valence-electron chi connectivity index (χ2n) is 6.29. The van der Waals surface area contributed by atoms with Crippen molar-refractivity contribution in [2.24, 2.45) is 0 Å². The van der Waals surface area contributed by atoms with Gasteiger partial charge in [0.2, 0.25) is 0 Å². The lowest BCUT2D eigenvalue weighted by Crippen LogP contribution is -2.08. The standard InChI is InChI=1S/C23H24O2.C2H7N/c1-3-24-21-16-10-8-14-19(21)23(18-12-6-5-7-13-18)20-15-9-11-17-22(20)25-4-2;1-3-2/h5-17,23H,3-4H2,1-2H3;3H,1-2H3. The number of rotatable bonds is 7. The van der Waals surface area contributed by atoms with E-state index in [4.69, 9.17) is 9.47 Å². The van der Waals surface area contributed by atoms with Crippen molar-refractivity contribution in [2.45, 2.75) is 19.8 Å². The lowest BCUT2D eigenvalue weighted by atomic mass is 9.84. The highest BCUT2D eigenvalue weighted by atomic mass is 16.5. The molecule has 1 N–H and O–H groups in total. The SMILES string of the molecule is CCOc1ccccc1C(c1ccccc1)c1ccccc1OCC.CNC. The Morgan fingerprint density at radius 3 is 1.46 bits per heavy atom. The van der Waals surface area contributed by atoms with E-state index in [0.29, 0.717) is 13.2 Å². The minimum atomic E-state index is 0.0618. The minimum absolute atomic E-state index is 0.0618. The molecule has 3 heteroatoms. The second-order valence-corrected chi connectivity index (χ2v) is 6.29. The van der Waals surface area contributed by atoms with Gasteiger partial charge in [-0.25, -0.2) is 0 Å². The number of ether oxygens (including phenoxy) is 2. The van der Waals surface area contributed by atoms with E-state index in [2.05, 4.69) is 53.8 Å². The third-order valence-electron chi connectivity index (χ3n) is 4.19. The summed E-state index contributed by atoms with van der Waals surface area (Å²) in [7, 11) is 3.75. The molecule has 0 aromatic heterocycles. The van der Waals surface area contributed by atoms with Crippen LogP contribution in [0.5, 0.6) is 11.5 Å². The van der Waals surface area contributed by atoms with Crippen molar-refractivity contribution < 1.29 is 9.47 Å². The molecule has 28 heavy (non-hydrogen) atoms. The molecule has 0 fully saturated rings. The van der Waals surface area contributed by atoms with Crippen LogP contribution in [0.2, 0.25) is 0 Å². The summed E-state index contributed by atoms with van der Waals surface area (Å²) >= 11 is 0. The molecule has 0 aliphatic heterocycles. The molecule has 3 rings (SSSR count). The largest absolute Gasteiger partial charge is 0.494 e. The van der Waals surface area contributed by atoms with Crippen LogP contribution in [-0.2, 0) is 0 Å². The number of hydrogen-bond donors (Lipinski definition) is 1. The molecule has 0 spiro atoms. The van der Waals surface area contributed by atoms with Crippen LogP contribution in [0.4, 0.5) is 0 Å². The number of benzene rings is 3. The van der Waals surface area contributed by atoms with Gasteiger partial charge in [0.05, 0.1) is 13.2 Å². The van der Waals surface area contributed by atoms with Gasteiger partial charge in [-0.05, 0) is 45.6 Å². The van der Waals surface area contributed by atoms with Crippen molar-refractivity contribution in [3.8, 4) is 11.5 Å². The molecule has 0 atom stereocenters. The number of para-hydroxylation sites is 2. The summed E-state index contributed by atoms with van der Waals surface area (Å²) in [5.74, 6) is 1.90. The van der Waals surface area contributed by atoms with E-state index in [1.807, 2.05) is 58.3 Å². The van der Waals surface area contributed by atoms with Gasteiger partial charge in [0, 0.05) is 17.0 Å². The first kappa shape index (κ1) is 21.5. The fraction of sp³-hybridized carbons (Fsp3) is 0.280. The molecule has 0 aliphatic carbocycles. The van der Waals surface area contributed by atoms with Crippen molar-refractivity contribution in [3.63, 3.8) is 0 Å². The van der Waals surface area contributed by atoms with Crippen LogP contribution in [0.25, 0.3) is 0 Å². The summed E-state index contributed by atoms with van der Waals surface area (Å²) in [6.45, 7) is 5.32. The van der Waals surface area contributed by atoms with Crippen LogP contribution in [0.3, 0.4) is 0 Å². The van der Waals surface area contributed by atoms with Gasteiger partial charge in [-0.2, -0.15) is 0 Å². The van der Waals surface area contributed by atoms with Gasteiger partial charge < -0.3 is 14.8 Å². The highest BCUT2D eigenvalue weighted by Gasteiger charge is 2.23. The molecule has 3 aromatic carbocycles. The van der Waals surface area contributed by atoms with Crippen LogP contribution in [0.1, 0.15) is 36.5 Å². The lowest BCUT2D eigenvalue weighted by molar-refractivity contribution is 0.331. The summed E-state index contributed by atoms with van der Waals surface area (Å²) in [5.41, 5.74) is 3.53. The van der Waals surface area contributed by atoms with Crippen molar-refractivity contribution in [3.05, 3.63) is 95.6 Å². The Bertz CT molecular complexity index is 768. The highest BCUT2D eigenvalue weighted by molar-refractivity contribution is 5.53. The molecule has 3 aromatic rings. The van der Waals surface area contributed by atoms with Crippen molar-refractivity contribution in [1.82, 2.24) is 5.32 Å². The van der Waals surface area contributed by atoms with Crippen LogP contribution >= 0.6 is 0 Å². The Kier molecular flexibility index (Phi) is 9.09. The zero-order valence-electron chi connectivity index (χ0n) is 17.3. The molecule has 0 heterocycles. The van der Waals surface area contributed by atoms with Crippen LogP contribution in [0, 0.1) is 0 Å². The summed E-state index contributed by atoms with van der Waals surface area (Å²) < 4.78 is 11.8. The maximum absolute atomic E-state index is 5.92. The molecule has 148 valence electrons. The summed E-state index contributed by atoms with van der Waals surface area (Å²) in [6, 6.07) is 27.1. The highest BCUT2D eigenvalue weighted by Crippen LogP contribution is 2.40. The number of nitrogens with one attached hydrogen (secondary N) is 1. The first-order chi connectivity index (χ1) is 13.8. The van der Waals surface area contributed by atoms with Gasteiger partial charge in [-0.3, -0.25) is 0 Å². The number of hydrogen-bond acceptors (Lipinski definition) is 3. The van der Waals surface area contributed by atoms with Gasteiger partial charge in [-0.1, -0.05) is 66.7 Å². The molecule has 0 aliphatic rings. The maximum atomic E-state index is 5.92. The molecule has 0 saturated heterocycles. The van der Waals surface area contributed by atoms with Crippen molar-refractivity contribution in [2.75, 3.05) is 27.3 Å². The van der Waals surface area contributed by atoms with Gasteiger partial charge >= 0.3 is 0 Å². The molecular weight excluding hydrogens is 346 g/mol. The van der Waals surface area contributed by atoms with E-state index >= 15 is 0 Å². The monoisotopic (exact) mass is 377 g/mol. The van der Waals surface area contributed by atoms with E-state index in [1.54, 1.807) is 0 Å². The normalized spacial score (nSPS) is 10.2. The Hall–Kier alpha value is -2.78. The Morgan fingerprint density at radius 2 is 1.04 bits per heavy atom. The molecule has 0 radical (unpaired) electrons. The van der Waals surface area contributed by atoms with Crippen LogP contribution in [0.15, 0.2) is 78.9 Å². The smallest absolute Gasteiger partial charge is 0.123 e. The van der Waals surface area contributed by atoms with Gasteiger partial charge in [0.25, 0.3) is 0 Å². The van der Waals surface area contributed by atoms with Crippen LogP contribution < -0.4 is 14.8 Å². The predicted octanol–water partition coefficient (Wildman–Crippen LogP) is 5.50. The average Bonchev–Trinajstić information content (AvgIpc) is 2.73. The zero-order valence-corrected chi connectivity index (χ0v) is 17.3. The Morgan fingerprint density at radius 1 is 0.643 bits per heavy atom. The first-order valence-corrected chi connectivity index (χ1v) is 9.83. The van der Waals surface area contributed by atoms with Crippen LogP contribution in [-0.4, -0.2) is 27.3 Å². The third kappa shape index (κ3) is 5.61.